The van der Waals surface area contributed by atoms with E-state index >= 15 is 0 Å². The summed E-state index contributed by atoms with van der Waals surface area (Å²) in [6.07, 6.45) is 1.92. The lowest BCUT2D eigenvalue weighted by Gasteiger charge is -2.34. The lowest BCUT2D eigenvalue weighted by Crippen LogP contribution is -2.36. The van der Waals surface area contributed by atoms with E-state index in [-0.39, 0.29) is 23.8 Å². The first-order valence-corrected chi connectivity index (χ1v) is 11.4. The van der Waals surface area contributed by atoms with Crippen LogP contribution in [0.15, 0.2) is 53.8 Å². The summed E-state index contributed by atoms with van der Waals surface area (Å²) >= 11 is 0. The predicted octanol–water partition coefficient (Wildman–Crippen LogP) is 4.48. The molecular formula is C25H22F4N6O. The molecule has 0 bridgehead atoms. The summed E-state index contributed by atoms with van der Waals surface area (Å²) in [5.41, 5.74) is 0.948. The summed E-state index contributed by atoms with van der Waals surface area (Å²) in [7, 11) is 0. The van der Waals surface area contributed by atoms with Crippen LogP contribution < -0.4 is 10.5 Å². The average molecular weight is 498 g/mol. The van der Waals surface area contributed by atoms with Crippen molar-refractivity contribution in [3.8, 4) is 0 Å². The lowest BCUT2D eigenvalue weighted by molar-refractivity contribution is -0.138. The van der Waals surface area contributed by atoms with Gasteiger partial charge in [-0.05, 0) is 43.9 Å². The second-order valence-corrected chi connectivity index (χ2v) is 8.77. The van der Waals surface area contributed by atoms with Crippen LogP contribution in [-0.4, -0.2) is 37.6 Å². The smallest absolute Gasteiger partial charge is 0.370 e. The van der Waals surface area contributed by atoms with Crippen LogP contribution in [0.25, 0.3) is 11.2 Å². The van der Waals surface area contributed by atoms with Crippen molar-refractivity contribution in [3.05, 3.63) is 87.7 Å². The van der Waals surface area contributed by atoms with Gasteiger partial charge in [-0.15, -0.1) is 0 Å². The summed E-state index contributed by atoms with van der Waals surface area (Å²) in [6, 6.07) is 5.29. The quantitative estimate of drug-likeness (QED) is 0.386. The number of aromatic nitrogens is 5. The maximum absolute atomic E-state index is 13.7. The predicted molar refractivity (Wildman–Crippen MR) is 125 cm³/mol. The van der Waals surface area contributed by atoms with Gasteiger partial charge in [0, 0.05) is 43.3 Å². The third-order valence-corrected chi connectivity index (χ3v) is 6.55. The molecule has 4 aromatic rings. The van der Waals surface area contributed by atoms with Gasteiger partial charge in [-0.25, -0.2) is 9.37 Å². The third-order valence-electron chi connectivity index (χ3n) is 6.55. The number of nitrogens with zero attached hydrogens (tertiary/aromatic N) is 6. The minimum Gasteiger partial charge on any atom is -0.370 e. The summed E-state index contributed by atoms with van der Waals surface area (Å²) in [5.74, 6) is -0.555. The minimum atomic E-state index is -4.61. The number of alkyl halides is 3. The number of fused-ring (bicyclic) bond motifs is 1. The Morgan fingerprint density at radius 2 is 1.78 bits per heavy atom. The van der Waals surface area contributed by atoms with E-state index in [9.17, 15) is 22.4 Å². The number of rotatable bonds is 4. The van der Waals surface area contributed by atoms with E-state index in [0.29, 0.717) is 48.4 Å². The van der Waals surface area contributed by atoms with Crippen molar-refractivity contribution in [2.75, 3.05) is 18.0 Å². The van der Waals surface area contributed by atoms with E-state index in [1.807, 2.05) is 11.8 Å². The number of hydrogen-bond donors (Lipinski definition) is 0. The Balaban J connectivity index is 1.50. The van der Waals surface area contributed by atoms with Gasteiger partial charge < -0.3 is 4.90 Å². The molecule has 36 heavy (non-hydrogen) atoms. The molecule has 186 valence electrons. The van der Waals surface area contributed by atoms with Crippen LogP contribution in [0, 0.1) is 12.7 Å². The number of hydrogen-bond acceptors (Lipinski definition) is 6. The Labute approximate surface area is 203 Å². The molecule has 1 aliphatic heterocycles. The van der Waals surface area contributed by atoms with Crippen molar-refractivity contribution >= 4 is 16.9 Å². The maximum atomic E-state index is 13.7. The van der Waals surface area contributed by atoms with E-state index in [1.165, 1.54) is 41.5 Å². The highest BCUT2D eigenvalue weighted by Crippen LogP contribution is 2.33. The summed E-state index contributed by atoms with van der Waals surface area (Å²) in [6.45, 7) is 2.58. The Hall–Kier alpha value is -3.89. The fourth-order valence-electron chi connectivity index (χ4n) is 4.77. The highest BCUT2D eigenvalue weighted by molar-refractivity contribution is 5.71. The van der Waals surface area contributed by atoms with E-state index < -0.39 is 23.1 Å². The molecule has 0 N–H and O–H groups in total. The van der Waals surface area contributed by atoms with Crippen LogP contribution in [0.1, 0.15) is 41.3 Å². The highest BCUT2D eigenvalue weighted by atomic mass is 19.4. The van der Waals surface area contributed by atoms with Gasteiger partial charge in [-0.3, -0.25) is 24.3 Å². The normalized spacial score (nSPS) is 15.0. The molecule has 0 amide bonds. The number of piperidine rings is 1. The molecule has 7 nitrogen and oxygen atoms in total. The number of pyridine rings is 3. The highest BCUT2D eigenvalue weighted by Gasteiger charge is 2.34. The molecule has 4 aromatic heterocycles. The number of anilines is 1. The van der Waals surface area contributed by atoms with E-state index in [0.717, 1.165) is 6.07 Å². The summed E-state index contributed by atoms with van der Waals surface area (Å²) in [5, 5.41) is 0. The fraction of sp³-hybridized carbons (Fsp3) is 0.320. The van der Waals surface area contributed by atoms with E-state index in [1.54, 1.807) is 6.07 Å². The van der Waals surface area contributed by atoms with Crippen molar-refractivity contribution < 1.29 is 17.6 Å². The second-order valence-electron chi connectivity index (χ2n) is 8.77. The first-order chi connectivity index (χ1) is 17.2. The van der Waals surface area contributed by atoms with Crippen molar-refractivity contribution in [2.45, 2.75) is 38.4 Å². The Morgan fingerprint density at radius 3 is 2.53 bits per heavy atom. The van der Waals surface area contributed by atoms with Crippen LogP contribution in [0.2, 0.25) is 0 Å². The molecule has 1 saturated heterocycles. The standard InChI is InChI=1S/C25H22F4N6O/c1-15-22(11-17(26)13-33-15)34-9-4-16(5-10-34)18-12-20-23(32-8-7-31-20)35(24(18)36)14-21-19(25(27,28)29)3-2-6-30-21/h2-3,6-8,11-13,16H,4-5,9-10,14H2,1H3. The van der Waals surface area contributed by atoms with Crippen LogP contribution >= 0.6 is 0 Å². The molecule has 0 unspecified atom stereocenters. The molecule has 1 aliphatic rings. The topological polar surface area (TPSA) is 76.8 Å². The second kappa shape index (κ2) is 9.29. The zero-order valence-electron chi connectivity index (χ0n) is 19.3. The first kappa shape index (κ1) is 23.8. The van der Waals surface area contributed by atoms with Crippen molar-refractivity contribution in [3.63, 3.8) is 0 Å². The monoisotopic (exact) mass is 498 g/mol. The maximum Gasteiger partial charge on any atom is 0.418 e. The van der Waals surface area contributed by atoms with Crippen molar-refractivity contribution in [1.82, 2.24) is 24.5 Å². The SMILES string of the molecule is Cc1ncc(F)cc1N1CCC(c2cc3nccnc3n(Cc3ncccc3C(F)(F)F)c2=O)CC1. The van der Waals surface area contributed by atoms with Gasteiger partial charge >= 0.3 is 6.18 Å². The summed E-state index contributed by atoms with van der Waals surface area (Å²) < 4.78 is 55.7. The van der Waals surface area contributed by atoms with Crippen LogP contribution in [0.3, 0.4) is 0 Å². The number of aryl methyl sites for hydroxylation is 1. The zero-order valence-corrected chi connectivity index (χ0v) is 19.3. The first-order valence-electron chi connectivity index (χ1n) is 11.4. The molecule has 0 radical (unpaired) electrons. The number of halogens is 4. The largest absolute Gasteiger partial charge is 0.418 e. The van der Waals surface area contributed by atoms with E-state index in [2.05, 4.69) is 19.9 Å². The molecule has 0 atom stereocenters. The van der Waals surface area contributed by atoms with Crippen LogP contribution in [0.4, 0.5) is 23.2 Å². The minimum absolute atomic E-state index is 0.140. The molecule has 0 saturated carbocycles. The Morgan fingerprint density at radius 1 is 1.03 bits per heavy atom. The Bertz CT molecular complexity index is 1480. The van der Waals surface area contributed by atoms with Crippen molar-refractivity contribution in [2.24, 2.45) is 0 Å². The third kappa shape index (κ3) is 4.52. The molecule has 0 aliphatic carbocycles. The van der Waals surface area contributed by atoms with Gasteiger partial charge in [0.25, 0.3) is 5.56 Å². The van der Waals surface area contributed by atoms with Crippen LogP contribution in [0.5, 0.6) is 0 Å². The van der Waals surface area contributed by atoms with Gasteiger partial charge in [-0.1, -0.05) is 0 Å². The lowest BCUT2D eigenvalue weighted by atomic mass is 9.89. The molecule has 0 aromatic carbocycles. The van der Waals surface area contributed by atoms with Crippen LogP contribution in [-0.2, 0) is 12.7 Å². The van der Waals surface area contributed by atoms with Gasteiger partial charge in [-0.2, -0.15) is 13.2 Å². The average Bonchev–Trinajstić information content (AvgIpc) is 2.87. The molecule has 11 heteroatoms. The van der Waals surface area contributed by atoms with Crippen molar-refractivity contribution in [1.29, 1.82) is 0 Å². The van der Waals surface area contributed by atoms with Gasteiger partial charge in [0.05, 0.1) is 35.4 Å². The summed E-state index contributed by atoms with van der Waals surface area (Å²) in [4.78, 5) is 32.2. The molecule has 5 rings (SSSR count). The molecular weight excluding hydrogens is 476 g/mol. The molecule has 0 spiro atoms. The zero-order chi connectivity index (χ0) is 25.4. The van der Waals surface area contributed by atoms with Gasteiger partial charge in [0.15, 0.2) is 5.65 Å². The van der Waals surface area contributed by atoms with E-state index in [4.69, 9.17) is 0 Å². The van der Waals surface area contributed by atoms with Gasteiger partial charge in [0.2, 0.25) is 0 Å². The molecule has 1 fully saturated rings. The molecule has 5 heterocycles. The Kier molecular flexibility index (Phi) is 6.15. The van der Waals surface area contributed by atoms with Gasteiger partial charge in [0.1, 0.15) is 11.3 Å². The fourth-order valence-corrected chi connectivity index (χ4v) is 4.77.